The van der Waals surface area contributed by atoms with Gasteiger partial charge < -0.3 is 20.3 Å². The van der Waals surface area contributed by atoms with Gasteiger partial charge in [-0.05, 0) is 13.3 Å². The van der Waals surface area contributed by atoms with Crippen LogP contribution in [0.25, 0.3) is 0 Å². The molecule has 0 aromatic heterocycles. The second-order valence-corrected chi connectivity index (χ2v) is 2.85. The number of alkyl carbamates (subject to hydrolysis) is 1. The molecule has 0 spiro atoms. The van der Waals surface area contributed by atoms with E-state index in [0.717, 1.165) is 6.42 Å². The Bertz CT molecular complexity index is 147. The third kappa shape index (κ3) is 5.43. The number of nitrogens with one attached hydrogen (secondary N) is 1. The Balaban J connectivity index is 3.72. The van der Waals surface area contributed by atoms with E-state index in [9.17, 15) is 4.79 Å². The van der Waals surface area contributed by atoms with Gasteiger partial charge in [0.1, 0.15) is 6.10 Å². The zero-order valence-corrected chi connectivity index (χ0v) is 7.99. The van der Waals surface area contributed by atoms with Gasteiger partial charge in [-0.3, -0.25) is 0 Å². The first-order chi connectivity index (χ1) is 6.13. The van der Waals surface area contributed by atoms with Gasteiger partial charge >= 0.3 is 6.09 Å². The van der Waals surface area contributed by atoms with Crippen molar-refractivity contribution < 1.29 is 19.7 Å². The maximum absolute atomic E-state index is 11.0. The van der Waals surface area contributed by atoms with Crippen molar-refractivity contribution >= 4 is 6.09 Å². The summed E-state index contributed by atoms with van der Waals surface area (Å²) in [4.78, 5) is 11.0. The molecule has 1 unspecified atom stereocenters. The lowest BCUT2D eigenvalue weighted by molar-refractivity contribution is 0.0212. The van der Waals surface area contributed by atoms with Gasteiger partial charge in [0.25, 0.3) is 0 Å². The van der Waals surface area contributed by atoms with Crippen LogP contribution in [0.2, 0.25) is 0 Å². The molecule has 0 bridgehead atoms. The molecule has 0 rings (SSSR count). The lowest BCUT2D eigenvalue weighted by atomic mass is 10.3. The van der Waals surface area contributed by atoms with Gasteiger partial charge in [-0.15, -0.1) is 0 Å². The highest BCUT2D eigenvalue weighted by atomic mass is 16.6. The first-order valence-corrected chi connectivity index (χ1v) is 4.32. The van der Waals surface area contributed by atoms with E-state index >= 15 is 0 Å². The maximum atomic E-state index is 11.0. The first-order valence-electron chi connectivity index (χ1n) is 4.32. The van der Waals surface area contributed by atoms with E-state index in [2.05, 4.69) is 10.1 Å². The first kappa shape index (κ1) is 12.2. The molecule has 0 aliphatic rings. The van der Waals surface area contributed by atoms with E-state index in [0.29, 0.717) is 0 Å². The Kier molecular flexibility index (Phi) is 6.26. The molecular formula is C8H17NO4. The smallest absolute Gasteiger partial charge is 0.407 e. The number of carbonyl (C=O) groups is 1. The standard InChI is InChI=1S/C8H17NO4/c1-3-6(2)9-8(12)13-7(4-10)5-11/h6-7,10-11H,3-5H2,1-2H3,(H,9,12). The summed E-state index contributed by atoms with van der Waals surface area (Å²) in [6.07, 6.45) is -0.635. The molecule has 1 amide bonds. The average molecular weight is 191 g/mol. The summed E-state index contributed by atoms with van der Waals surface area (Å²) >= 11 is 0. The second kappa shape index (κ2) is 6.68. The number of ether oxygens (including phenoxy) is 1. The highest BCUT2D eigenvalue weighted by molar-refractivity contribution is 5.67. The SMILES string of the molecule is CCC(C)NC(=O)OC(CO)CO. The van der Waals surface area contributed by atoms with Crippen LogP contribution in [0.3, 0.4) is 0 Å². The van der Waals surface area contributed by atoms with Gasteiger partial charge in [-0.25, -0.2) is 4.79 Å². The van der Waals surface area contributed by atoms with Crippen LogP contribution in [0.15, 0.2) is 0 Å². The van der Waals surface area contributed by atoms with E-state index < -0.39 is 12.2 Å². The topological polar surface area (TPSA) is 78.8 Å². The summed E-state index contributed by atoms with van der Waals surface area (Å²) in [5.41, 5.74) is 0. The monoisotopic (exact) mass is 191 g/mol. The van der Waals surface area contributed by atoms with Gasteiger partial charge in [-0.1, -0.05) is 6.92 Å². The number of amides is 1. The Morgan fingerprint density at radius 1 is 1.46 bits per heavy atom. The fourth-order valence-electron chi connectivity index (χ4n) is 0.621. The van der Waals surface area contributed by atoms with Crippen LogP contribution in [-0.4, -0.2) is 41.7 Å². The molecule has 0 aromatic carbocycles. The summed E-state index contributed by atoms with van der Waals surface area (Å²) in [6, 6.07) is 0.0329. The van der Waals surface area contributed by atoms with Crippen molar-refractivity contribution in [3.63, 3.8) is 0 Å². The molecule has 5 heteroatoms. The van der Waals surface area contributed by atoms with Crippen LogP contribution >= 0.6 is 0 Å². The normalized spacial score (nSPS) is 12.7. The molecule has 1 atom stereocenters. The predicted molar refractivity (Wildman–Crippen MR) is 47.3 cm³/mol. The fraction of sp³-hybridized carbons (Fsp3) is 0.875. The van der Waals surface area contributed by atoms with E-state index in [4.69, 9.17) is 10.2 Å². The van der Waals surface area contributed by atoms with Gasteiger partial charge in [0.2, 0.25) is 0 Å². The minimum atomic E-state index is -0.830. The summed E-state index contributed by atoms with van der Waals surface area (Å²) in [5.74, 6) is 0. The van der Waals surface area contributed by atoms with Crippen LogP contribution in [0, 0.1) is 0 Å². The molecule has 0 aromatic rings. The molecule has 3 N–H and O–H groups in total. The summed E-state index contributed by atoms with van der Waals surface area (Å²) in [5, 5.41) is 19.7. The van der Waals surface area contributed by atoms with E-state index in [1.165, 1.54) is 0 Å². The Morgan fingerprint density at radius 2 is 2.00 bits per heavy atom. The summed E-state index contributed by atoms with van der Waals surface area (Å²) < 4.78 is 4.67. The predicted octanol–water partition coefficient (Wildman–Crippen LogP) is -0.136. The van der Waals surface area contributed by atoms with Gasteiger partial charge in [0.15, 0.2) is 0 Å². The number of hydrogen-bond donors (Lipinski definition) is 3. The highest BCUT2D eigenvalue weighted by Crippen LogP contribution is 1.93. The maximum Gasteiger partial charge on any atom is 0.407 e. The van der Waals surface area contributed by atoms with E-state index in [-0.39, 0.29) is 19.3 Å². The third-order valence-corrected chi connectivity index (χ3v) is 1.66. The minimum Gasteiger partial charge on any atom is -0.441 e. The zero-order valence-electron chi connectivity index (χ0n) is 7.99. The van der Waals surface area contributed by atoms with Gasteiger partial charge in [-0.2, -0.15) is 0 Å². The van der Waals surface area contributed by atoms with Crippen LogP contribution in [-0.2, 0) is 4.74 Å². The molecule has 0 aliphatic carbocycles. The molecule has 13 heavy (non-hydrogen) atoms. The third-order valence-electron chi connectivity index (χ3n) is 1.66. The number of rotatable bonds is 5. The molecule has 78 valence electrons. The fourth-order valence-corrected chi connectivity index (χ4v) is 0.621. The molecule has 0 radical (unpaired) electrons. The van der Waals surface area contributed by atoms with Crippen molar-refractivity contribution in [3.8, 4) is 0 Å². The minimum absolute atomic E-state index is 0.0329. The number of aliphatic hydroxyl groups is 2. The van der Waals surface area contributed by atoms with E-state index in [1.807, 2.05) is 13.8 Å². The Labute approximate surface area is 77.7 Å². The molecule has 0 fully saturated rings. The second-order valence-electron chi connectivity index (χ2n) is 2.85. The number of hydrogen-bond acceptors (Lipinski definition) is 4. The van der Waals surface area contributed by atoms with Crippen LogP contribution < -0.4 is 5.32 Å². The zero-order chi connectivity index (χ0) is 10.3. The van der Waals surface area contributed by atoms with Crippen molar-refractivity contribution in [3.05, 3.63) is 0 Å². The molecule has 5 nitrogen and oxygen atoms in total. The van der Waals surface area contributed by atoms with E-state index in [1.54, 1.807) is 0 Å². The Hall–Kier alpha value is -0.810. The summed E-state index contributed by atoms with van der Waals surface area (Å²) in [6.45, 7) is 3.03. The van der Waals surface area contributed by atoms with Crippen LogP contribution in [0.5, 0.6) is 0 Å². The van der Waals surface area contributed by atoms with Gasteiger partial charge in [0.05, 0.1) is 13.2 Å². The van der Waals surface area contributed by atoms with Crippen molar-refractivity contribution in [2.45, 2.75) is 32.4 Å². The largest absolute Gasteiger partial charge is 0.441 e. The molecule has 0 aliphatic heterocycles. The van der Waals surface area contributed by atoms with Crippen molar-refractivity contribution in [2.24, 2.45) is 0 Å². The Morgan fingerprint density at radius 3 is 2.38 bits per heavy atom. The number of aliphatic hydroxyl groups excluding tert-OH is 2. The lowest BCUT2D eigenvalue weighted by Gasteiger charge is -2.15. The highest BCUT2D eigenvalue weighted by Gasteiger charge is 2.13. The number of carbonyl (C=O) groups excluding carboxylic acids is 1. The molecular weight excluding hydrogens is 174 g/mol. The summed E-state index contributed by atoms with van der Waals surface area (Å²) in [7, 11) is 0. The van der Waals surface area contributed by atoms with Crippen LogP contribution in [0.4, 0.5) is 4.79 Å². The van der Waals surface area contributed by atoms with Crippen LogP contribution in [0.1, 0.15) is 20.3 Å². The quantitative estimate of drug-likeness (QED) is 0.565. The molecule has 0 saturated carbocycles. The van der Waals surface area contributed by atoms with Crippen molar-refractivity contribution in [1.29, 1.82) is 0 Å². The molecule has 0 heterocycles. The van der Waals surface area contributed by atoms with Gasteiger partial charge in [0, 0.05) is 6.04 Å². The molecule has 0 saturated heterocycles. The van der Waals surface area contributed by atoms with Crippen molar-refractivity contribution in [1.82, 2.24) is 5.32 Å². The van der Waals surface area contributed by atoms with Crippen molar-refractivity contribution in [2.75, 3.05) is 13.2 Å². The average Bonchev–Trinajstić information content (AvgIpc) is 2.13. The lowest BCUT2D eigenvalue weighted by Crippen LogP contribution is -2.37.